The van der Waals surface area contributed by atoms with E-state index in [0.717, 1.165) is 23.8 Å². The van der Waals surface area contributed by atoms with E-state index < -0.39 is 10.8 Å². The van der Waals surface area contributed by atoms with E-state index in [2.05, 4.69) is 35.5 Å². The summed E-state index contributed by atoms with van der Waals surface area (Å²) < 4.78 is 17.4. The van der Waals surface area contributed by atoms with Crippen LogP contribution in [0, 0.1) is 6.92 Å². The van der Waals surface area contributed by atoms with Gasteiger partial charge in [0.2, 0.25) is 0 Å². The van der Waals surface area contributed by atoms with Crippen molar-refractivity contribution in [3.8, 4) is 5.75 Å². The van der Waals surface area contributed by atoms with Crippen molar-refractivity contribution < 1.29 is 8.95 Å². The van der Waals surface area contributed by atoms with Crippen molar-refractivity contribution in [1.29, 1.82) is 0 Å². The summed E-state index contributed by atoms with van der Waals surface area (Å²) in [7, 11) is 0.785. The summed E-state index contributed by atoms with van der Waals surface area (Å²) in [6.07, 6.45) is 0. The molecule has 5 nitrogen and oxygen atoms in total. The smallest absolute Gasteiger partial charge is 0.191 e. The minimum atomic E-state index is -0.897. The predicted octanol–water partition coefficient (Wildman–Crippen LogP) is 3.17. The number of aliphatic imine (C=N–C) groups is 1. The van der Waals surface area contributed by atoms with E-state index in [1.165, 1.54) is 5.56 Å². The molecule has 1 rings (SSSR count). The van der Waals surface area contributed by atoms with Crippen molar-refractivity contribution in [2.45, 2.75) is 52.3 Å². The Bertz CT molecular complexity index is 609. The number of aryl methyl sites for hydroxylation is 1. The molecule has 0 amide bonds. The number of hydrogen-bond acceptors (Lipinski definition) is 3. The summed E-state index contributed by atoms with van der Waals surface area (Å²) in [6, 6.07) is 6.19. The van der Waals surface area contributed by atoms with Crippen molar-refractivity contribution in [3.63, 3.8) is 0 Å². The van der Waals surface area contributed by atoms with Crippen LogP contribution in [0.15, 0.2) is 23.2 Å². The van der Waals surface area contributed by atoms with E-state index in [1.54, 1.807) is 7.11 Å². The van der Waals surface area contributed by atoms with Crippen LogP contribution >= 0.6 is 0 Å². The fourth-order valence-electron chi connectivity index (χ4n) is 2.34. The first-order chi connectivity index (χ1) is 11.7. The molecule has 2 atom stereocenters. The maximum atomic E-state index is 12.2. The Morgan fingerprint density at radius 3 is 2.60 bits per heavy atom. The first kappa shape index (κ1) is 21.5. The Morgan fingerprint density at radius 2 is 2.04 bits per heavy atom. The first-order valence-corrected chi connectivity index (χ1v) is 10.1. The molecule has 0 bridgehead atoms. The number of nitrogens with one attached hydrogen (secondary N) is 2. The van der Waals surface area contributed by atoms with Crippen LogP contribution in [-0.2, 0) is 10.8 Å². The van der Waals surface area contributed by atoms with Gasteiger partial charge in [0.05, 0.1) is 19.7 Å². The Kier molecular flexibility index (Phi) is 8.42. The zero-order valence-corrected chi connectivity index (χ0v) is 17.4. The zero-order valence-electron chi connectivity index (χ0n) is 16.6. The lowest BCUT2D eigenvalue weighted by molar-refractivity contribution is 0.405. The van der Waals surface area contributed by atoms with Crippen LogP contribution in [0.2, 0.25) is 0 Å². The third kappa shape index (κ3) is 7.06. The van der Waals surface area contributed by atoms with Gasteiger partial charge in [-0.25, -0.2) is 0 Å². The number of nitrogens with zero attached hydrogens (tertiary/aromatic N) is 1. The van der Waals surface area contributed by atoms with E-state index in [0.29, 0.717) is 12.3 Å². The van der Waals surface area contributed by atoms with Crippen LogP contribution < -0.4 is 15.4 Å². The predicted molar refractivity (Wildman–Crippen MR) is 108 cm³/mol. The molecular weight excluding hydrogens is 334 g/mol. The third-order valence-electron chi connectivity index (χ3n) is 3.78. The first-order valence-electron chi connectivity index (χ1n) is 8.77. The van der Waals surface area contributed by atoms with Gasteiger partial charge in [0.25, 0.3) is 0 Å². The van der Waals surface area contributed by atoms with Crippen LogP contribution in [0.3, 0.4) is 0 Å². The molecule has 0 aromatic heterocycles. The van der Waals surface area contributed by atoms with Gasteiger partial charge >= 0.3 is 0 Å². The Labute approximate surface area is 155 Å². The zero-order chi connectivity index (χ0) is 19.0. The van der Waals surface area contributed by atoms with Crippen molar-refractivity contribution in [2.75, 3.05) is 26.0 Å². The molecule has 0 radical (unpaired) electrons. The van der Waals surface area contributed by atoms with Gasteiger partial charge in [-0.05, 0) is 47.6 Å². The molecule has 1 aromatic rings. The summed E-state index contributed by atoms with van der Waals surface area (Å²) >= 11 is 0. The quantitative estimate of drug-likeness (QED) is 0.574. The van der Waals surface area contributed by atoms with Gasteiger partial charge in [0.15, 0.2) is 5.96 Å². The SMILES string of the molecule is CCNC(=NCCS(=O)C(C)(C)C)NC(C)c1cc(C)ccc1OC. The van der Waals surface area contributed by atoms with E-state index in [9.17, 15) is 4.21 Å². The number of benzene rings is 1. The standard InChI is InChI=1S/C19H33N3O2S/c1-8-20-18(21-11-12-25(23)19(4,5)6)22-15(3)16-13-14(2)9-10-17(16)24-7/h9-10,13,15H,8,11-12H2,1-7H3,(H2,20,21,22). The number of methoxy groups -OCH3 is 1. The molecule has 0 heterocycles. The van der Waals surface area contributed by atoms with Crippen LogP contribution in [0.5, 0.6) is 5.75 Å². The average Bonchev–Trinajstić information content (AvgIpc) is 2.53. The molecule has 2 N–H and O–H groups in total. The molecule has 0 saturated heterocycles. The molecule has 25 heavy (non-hydrogen) atoms. The van der Waals surface area contributed by atoms with Gasteiger partial charge in [-0.2, -0.15) is 0 Å². The lowest BCUT2D eigenvalue weighted by Crippen LogP contribution is -2.39. The summed E-state index contributed by atoms with van der Waals surface area (Å²) in [4.78, 5) is 4.57. The molecule has 0 fully saturated rings. The van der Waals surface area contributed by atoms with E-state index in [4.69, 9.17) is 4.74 Å². The Balaban J connectivity index is 2.81. The van der Waals surface area contributed by atoms with Gasteiger partial charge in [-0.15, -0.1) is 0 Å². The number of rotatable bonds is 7. The van der Waals surface area contributed by atoms with E-state index >= 15 is 0 Å². The number of hydrogen-bond donors (Lipinski definition) is 2. The fraction of sp³-hybridized carbons (Fsp3) is 0.632. The molecule has 0 saturated carbocycles. The number of ether oxygens (including phenoxy) is 1. The topological polar surface area (TPSA) is 62.7 Å². The van der Waals surface area contributed by atoms with Crippen molar-refractivity contribution in [1.82, 2.24) is 10.6 Å². The minimum absolute atomic E-state index is 0.0424. The second kappa shape index (κ2) is 9.80. The van der Waals surface area contributed by atoms with Gasteiger partial charge < -0.3 is 15.4 Å². The lowest BCUT2D eigenvalue weighted by Gasteiger charge is -2.21. The largest absolute Gasteiger partial charge is 0.496 e. The molecule has 0 aliphatic rings. The fourth-order valence-corrected chi connectivity index (χ4v) is 3.21. The maximum Gasteiger partial charge on any atom is 0.191 e. The highest BCUT2D eigenvalue weighted by molar-refractivity contribution is 7.86. The maximum absolute atomic E-state index is 12.2. The lowest BCUT2D eigenvalue weighted by atomic mass is 10.0. The van der Waals surface area contributed by atoms with E-state index in [-0.39, 0.29) is 10.8 Å². The van der Waals surface area contributed by atoms with Crippen molar-refractivity contribution >= 4 is 16.8 Å². The highest BCUT2D eigenvalue weighted by Crippen LogP contribution is 2.25. The second-order valence-corrected chi connectivity index (χ2v) is 9.36. The molecule has 0 aliphatic heterocycles. The Morgan fingerprint density at radius 1 is 1.36 bits per heavy atom. The highest BCUT2D eigenvalue weighted by Gasteiger charge is 2.19. The van der Waals surface area contributed by atoms with Gasteiger partial charge in [-0.3, -0.25) is 9.20 Å². The van der Waals surface area contributed by atoms with Crippen LogP contribution in [-0.4, -0.2) is 40.9 Å². The van der Waals surface area contributed by atoms with Gasteiger partial charge in [0, 0.05) is 33.4 Å². The summed E-state index contributed by atoms with van der Waals surface area (Å²) in [5, 5.41) is 6.66. The molecule has 6 heteroatoms. The Hall–Kier alpha value is -1.56. The number of guanidine groups is 1. The van der Waals surface area contributed by atoms with Crippen LogP contribution in [0.1, 0.15) is 51.8 Å². The summed E-state index contributed by atoms with van der Waals surface area (Å²) in [6.45, 7) is 13.4. The van der Waals surface area contributed by atoms with Crippen molar-refractivity contribution in [3.05, 3.63) is 29.3 Å². The highest BCUT2D eigenvalue weighted by atomic mass is 32.2. The summed E-state index contributed by atoms with van der Waals surface area (Å²) in [5.74, 6) is 2.14. The van der Waals surface area contributed by atoms with E-state index in [1.807, 2.05) is 39.8 Å². The van der Waals surface area contributed by atoms with Crippen LogP contribution in [0.4, 0.5) is 0 Å². The van der Waals surface area contributed by atoms with Gasteiger partial charge in [0.1, 0.15) is 5.75 Å². The monoisotopic (exact) mass is 367 g/mol. The molecule has 0 spiro atoms. The van der Waals surface area contributed by atoms with Gasteiger partial charge in [-0.1, -0.05) is 17.7 Å². The summed E-state index contributed by atoms with van der Waals surface area (Å²) in [5.41, 5.74) is 2.28. The third-order valence-corrected chi connectivity index (χ3v) is 5.70. The second-order valence-electron chi connectivity index (χ2n) is 7.03. The molecule has 1 aromatic carbocycles. The molecule has 142 valence electrons. The average molecular weight is 368 g/mol. The van der Waals surface area contributed by atoms with Crippen LogP contribution in [0.25, 0.3) is 0 Å². The van der Waals surface area contributed by atoms with Crippen molar-refractivity contribution in [2.24, 2.45) is 4.99 Å². The minimum Gasteiger partial charge on any atom is -0.496 e. The molecule has 2 unspecified atom stereocenters. The molecule has 0 aliphatic carbocycles. The molecular formula is C19H33N3O2S. The normalized spacial score (nSPS) is 14.8.